The second-order valence-corrected chi connectivity index (χ2v) is 3.73. The third-order valence-electron chi connectivity index (χ3n) is 1.74. The number of halogens is 5. The average molecular weight is 295 g/mol. The summed E-state index contributed by atoms with van der Waals surface area (Å²) >= 11 is 3.13. The first-order chi connectivity index (χ1) is 7.45. The Hall–Kier alpha value is -1.02. The summed E-state index contributed by atoms with van der Waals surface area (Å²) < 4.78 is 49.8. The highest BCUT2D eigenvalue weighted by Crippen LogP contribution is 2.29. The zero-order chi connectivity index (χ0) is 12.2. The summed E-state index contributed by atoms with van der Waals surface area (Å²) in [6, 6.07) is 2.32. The second kappa shape index (κ2) is 5.35. The normalized spacial score (nSPS) is 10.8. The van der Waals surface area contributed by atoms with Crippen LogP contribution in [-0.4, -0.2) is 5.33 Å². The number of rotatable bonds is 1. The molecule has 0 nitrogen and oxygen atoms in total. The lowest BCUT2D eigenvalue weighted by molar-refractivity contribution is -0.137. The number of hydrogen-bond acceptors (Lipinski definition) is 0. The summed E-state index contributed by atoms with van der Waals surface area (Å²) in [5.74, 6) is 4.16. The van der Waals surface area contributed by atoms with Crippen molar-refractivity contribution in [2.45, 2.75) is 12.6 Å². The van der Waals surface area contributed by atoms with Gasteiger partial charge in [0.15, 0.2) is 0 Å². The van der Waals surface area contributed by atoms with E-state index >= 15 is 0 Å². The Balaban J connectivity index is 2.98. The maximum atomic E-state index is 13.2. The van der Waals surface area contributed by atoms with Crippen LogP contribution in [0.2, 0.25) is 0 Å². The van der Waals surface area contributed by atoms with Crippen LogP contribution in [0.15, 0.2) is 18.2 Å². The van der Waals surface area contributed by atoms with Crippen molar-refractivity contribution in [1.82, 2.24) is 0 Å². The van der Waals surface area contributed by atoms with E-state index in [9.17, 15) is 17.6 Å². The van der Waals surface area contributed by atoms with Crippen LogP contribution in [0.1, 0.15) is 17.5 Å². The molecule has 16 heavy (non-hydrogen) atoms. The van der Waals surface area contributed by atoms with E-state index in [2.05, 4.69) is 27.8 Å². The average Bonchev–Trinajstić information content (AvgIpc) is 2.19. The first kappa shape index (κ1) is 13.0. The molecule has 0 N–H and O–H groups in total. The molecule has 0 saturated heterocycles. The maximum Gasteiger partial charge on any atom is 0.416 e. The second-order valence-electron chi connectivity index (χ2n) is 2.93. The molecule has 1 rings (SSSR count). The van der Waals surface area contributed by atoms with Crippen molar-refractivity contribution in [3.8, 4) is 11.8 Å². The summed E-state index contributed by atoms with van der Waals surface area (Å²) in [7, 11) is 0. The summed E-state index contributed by atoms with van der Waals surface area (Å²) in [4.78, 5) is 0. The van der Waals surface area contributed by atoms with E-state index in [0.29, 0.717) is 17.8 Å². The van der Waals surface area contributed by atoms with Crippen LogP contribution in [0.25, 0.3) is 0 Å². The lowest BCUT2D eigenvalue weighted by Crippen LogP contribution is -2.05. The fourth-order valence-electron chi connectivity index (χ4n) is 0.998. The minimum Gasteiger partial charge on any atom is -0.206 e. The SMILES string of the molecule is Fc1cc(C(F)(F)F)ccc1C#CCCBr. The minimum atomic E-state index is -4.53. The molecule has 0 unspecified atom stereocenters. The smallest absolute Gasteiger partial charge is 0.206 e. The van der Waals surface area contributed by atoms with Crippen LogP contribution >= 0.6 is 15.9 Å². The van der Waals surface area contributed by atoms with Crippen LogP contribution in [-0.2, 0) is 6.18 Å². The molecule has 0 aromatic heterocycles. The quantitative estimate of drug-likeness (QED) is 0.417. The van der Waals surface area contributed by atoms with Gasteiger partial charge in [-0.3, -0.25) is 0 Å². The van der Waals surface area contributed by atoms with Crippen molar-refractivity contribution in [2.75, 3.05) is 5.33 Å². The standard InChI is InChI=1S/C11H7BrF4/c12-6-2-1-3-8-4-5-9(7-10(8)13)11(14,15)16/h4-5,7H,2,6H2. The molecule has 0 radical (unpaired) electrons. The van der Waals surface area contributed by atoms with Crippen LogP contribution in [0, 0.1) is 17.7 Å². The molecule has 86 valence electrons. The molecule has 0 bridgehead atoms. The lowest BCUT2D eigenvalue weighted by atomic mass is 10.1. The molecule has 0 fully saturated rings. The van der Waals surface area contributed by atoms with Crippen molar-refractivity contribution in [2.24, 2.45) is 0 Å². The van der Waals surface area contributed by atoms with Gasteiger partial charge >= 0.3 is 6.18 Å². The topological polar surface area (TPSA) is 0 Å². The van der Waals surface area contributed by atoms with Gasteiger partial charge in [-0.25, -0.2) is 4.39 Å². The summed E-state index contributed by atoms with van der Waals surface area (Å²) in [6.07, 6.45) is -4.01. The van der Waals surface area contributed by atoms with Gasteiger partial charge < -0.3 is 0 Å². The van der Waals surface area contributed by atoms with Gasteiger partial charge in [0, 0.05) is 11.8 Å². The van der Waals surface area contributed by atoms with Crippen molar-refractivity contribution >= 4 is 15.9 Å². The van der Waals surface area contributed by atoms with E-state index in [0.717, 1.165) is 12.1 Å². The molecule has 1 aromatic carbocycles. The summed E-state index contributed by atoms with van der Waals surface area (Å²) in [5.41, 5.74) is -1.02. The highest BCUT2D eigenvalue weighted by molar-refractivity contribution is 9.09. The van der Waals surface area contributed by atoms with Gasteiger partial charge in [-0.15, -0.1) is 0 Å². The molecular formula is C11H7BrF4. The minimum absolute atomic E-state index is 0.0195. The molecule has 5 heteroatoms. The highest BCUT2D eigenvalue weighted by Gasteiger charge is 2.30. The Bertz CT molecular complexity index is 426. The van der Waals surface area contributed by atoms with Crippen LogP contribution < -0.4 is 0 Å². The Morgan fingerprint density at radius 3 is 2.44 bits per heavy atom. The van der Waals surface area contributed by atoms with Crippen molar-refractivity contribution in [3.63, 3.8) is 0 Å². The molecular weight excluding hydrogens is 288 g/mol. The summed E-state index contributed by atoms with van der Waals surface area (Å²) in [5, 5.41) is 0.641. The number of alkyl halides is 4. The molecule has 0 amide bonds. The van der Waals surface area contributed by atoms with Gasteiger partial charge in [0.05, 0.1) is 11.1 Å². The maximum absolute atomic E-state index is 13.2. The zero-order valence-electron chi connectivity index (χ0n) is 8.04. The van der Waals surface area contributed by atoms with Gasteiger partial charge in [-0.2, -0.15) is 13.2 Å². The van der Waals surface area contributed by atoms with Gasteiger partial charge in [0.1, 0.15) is 5.82 Å². The van der Waals surface area contributed by atoms with Crippen molar-refractivity contribution in [1.29, 1.82) is 0 Å². The van der Waals surface area contributed by atoms with Crippen LogP contribution in [0.3, 0.4) is 0 Å². The predicted octanol–water partition coefficient (Wildman–Crippen LogP) is 3.98. The van der Waals surface area contributed by atoms with E-state index in [-0.39, 0.29) is 5.56 Å². The molecule has 1 aromatic rings. The molecule has 0 atom stereocenters. The predicted molar refractivity (Wildman–Crippen MR) is 56.7 cm³/mol. The first-order valence-corrected chi connectivity index (χ1v) is 5.49. The Morgan fingerprint density at radius 1 is 1.25 bits per heavy atom. The Kier molecular flexibility index (Phi) is 4.36. The highest BCUT2D eigenvalue weighted by atomic mass is 79.9. The molecule has 0 heterocycles. The third kappa shape index (κ3) is 3.53. The van der Waals surface area contributed by atoms with Crippen LogP contribution in [0.5, 0.6) is 0 Å². The van der Waals surface area contributed by atoms with E-state index in [1.54, 1.807) is 0 Å². The van der Waals surface area contributed by atoms with E-state index in [1.165, 1.54) is 0 Å². The Labute approximate surface area is 98.8 Å². The van der Waals surface area contributed by atoms with E-state index in [1.807, 2.05) is 0 Å². The van der Waals surface area contributed by atoms with Crippen LogP contribution in [0.4, 0.5) is 17.6 Å². The lowest BCUT2D eigenvalue weighted by Gasteiger charge is -2.06. The van der Waals surface area contributed by atoms with Crippen molar-refractivity contribution < 1.29 is 17.6 Å². The summed E-state index contributed by atoms with van der Waals surface area (Å²) in [6.45, 7) is 0. The number of benzene rings is 1. The fraction of sp³-hybridized carbons (Fsp3) is 0.273. The van der Waals surface area contributed by atoms with Gasteiger partial charge in [0.25, 0.3) is 0 Å². The monoisotopic (exact) mass is 294 g/mol. The molecule has 0 aliphatic rings. The largest absolute Gasteiger partial charge is 0.416 e. The number of hydrogen-bond donors (Lipinski definition) is 0. The van der Waals surface area contributed by atoms with E-state index in [4.69, 9.17) is 0 Å². The van der Waals surface area contributed by atoms with Crippen molar-refractivity contribution in [3.05, 3.63) is 35.1 Å². The van der Waals surface area contributed by atoms with Gasteiger partial charge in [0.2, 0.25) is 0 Å². The molecule has 0 aliphatic heterocycles. The van der Waals surface area contributed by atoms with Gasteiger partial charge in [-0.1, -0.05) is 27.8 Å². The van der Waals surface area contributed by atoms with Gasteiger partial charge in [-0.05, 0) is 18.2 Å². The Morgan fingerprint density at radius 2 is 1.94 bits per heavy atom. The fourth-order valence-corrected chi connectivity index (χ4v) is 1.20. The first-order valence-electron chi connectivity index (χ1n) is 4.36. The van der Waals surface area contributed by atoms with E-state index < -0.39 is 17.6 Å². The molecule has 0 spiro atoms. The third-order valence-corrected chi connectivity index (χ3v) is 2.14. The molecule has 0 saturated carbocycles. The zero-order valence-corrected chi connectivity index (χ0v) is 9.62. The molecule has 0 aliphatic carbocycles.